The van der Waals surface area contributed by atoms with Crippen LogP contribution in [0.25, 0.3) is 0 Å². The van der Waals surface area contributed by atoms with Crippen molar-refractivity contribution in [1.29, 1.82) is 0 Å². The highest BCUT2D eigenvalue weighted by atomic mass is 35.5. The highest BCUT2D eigenvalue weighted by molar-refractivity contribution is 7.14. The fourth-order valence-corrected chi connectivity index (χ4v) is 2.91. The molecule has 1 amide bonds. The zero-order chi connectivity index (χ0) is 15.7. The number of rotatable bonds is 10. The molecule has 1 aromatic rings. The number of unbranched alkanes of at least 4 members (excludes halogenated alkanes) is 5. The molecule has 0 aromatic carbocycles. The van der Waals surface area contributed by atoms with Crippen molar-refractivity contribution in [1.82, 2.24) is 10.3 Å². The maximum atomic E-state index is 11.8. The van der Waals surface area contributed by atoms with E-state index >= 15 is 0 Å². The Labute approximate surface area is 139 Å². The first-order chi connectivity index (χ1) is 10.1. The van der Waals surface area contributed by atoms with Crippen LogP contribution in [0.2, 0.25) is 4.47 Å². The smallest absolute Gasteiger partial charge is 0.289 e. The largest absolute Gasteiger partial charge is 0.349 e. The second-order valence-corrected chi connectivity index (χ2v) is 6.65. The molecule has 1 N–H and O–H groups in total. The molecule has 1 aromatic heterocycles. The summed E-state index contributed by atoms with van der Waals surface area (Å²) < 4.78 is 0.302. The maximum absolute atomic E-state index is 11.8. The molecule has 0 aliphatic heterocycles. The SMILES string of the molecule is CCCCCCCCNC(=O)C(=O)C(Cl)c1csc(Cl)n1. The number of hydrogen-bond acceptors (Lipinski definition) is 4. The van der Waals surface area contributed by atoms with Crippen LogP contribution in [0.4, 0.5) is 0 Å². The fraction of sp³-hybridized carbons (Fsp3) is 0.643. The van der Waals surface area contributed by atoms with Crippen molar-refractivity contribution in [2.45, 2.75) is 50.8 Å². The molecule has 21 heavy (non-hydrogen) atoms. The Bertz CT molecular complexity index is 466. The number of thiazole rings is 1. The summed E-state index contributed by atoms with van der Waals surface area (Å²) in [6.07, 6.45) is 6.77. The topological polar surface area (TPSA) is 59.1 Å². The molecule has 7 heteroatoms. The van der Waals surface area contributed by atoms with Gasteiger partial charge in [-0.25, -0.2) is 4.98 Å². The Morgan fingerprint density at radius 2 is 1.95 bits per heavy atom. The molecule has 0 saturated heterocycles. The van der Waals surface area contributed by atoms with Crippen molar-refractivity contribution in [2.24, 2.45) is 0 Å². The van der Waals surface area contributed by atoms with Gasteiger partial charge in [0.05, 0.1) is 5.69 Å². The van der Waals surface area contributed by atoms with E-state index in [0.717, 1.165) is 19.3 Å². The Morgan fingerprint density at radius 3 is 2.57 bits per heavy atom. The van der Waals surface area contributed by atoms with Crippen molar-refractivity contribution >= 4 is 46.2 Å². The third-order valence-corrected chi connectivity index (χ3v) is 4.44. The van der Waals surface area contributed by atoms with Crippen LogP contribution in [0.5, 0.6) is 0 Å². The van der Waals surface area contributed by atoms with Gasteiger partial charge in [0.2, 0.25) is 5.78 Å². The molecule has 1 rings (SSSR count). The molecule has 0 spiro atoms. The predicted octanol–water partition coefficient (Wildman–Crippen LogP) is 4.12. The molecule has 0 aliphatic carbocycles. The van der Waals surface area contributed by atoms with E-state index in [4.69, 9.17) is 23.2 Å². The van der Waals surface area contributed by atoms with Gasteiger partial charge in [0.15, 0.2) is 4.47 Å². The van der Waals surface area contributed by atoms with Gasteiger partial charge in [0.1, 0.15) is 5.38 Å². The van der Waals surface area contributed by atoms with Gasteiger partial charge >= 0.3 is 0 Å². The van der Waals surface area contributed by atoms with Crippen molar-refractivity contribution in [2.75, 3.05) is 6.54 Å². The lowest BCUT2D eigenvalue weighted by Gasteiger charge is -2.07. The van der Waals surface area contributed by atoms with Gasteiger partial charge in [-0.1, -0.05) is 50.6 Å². The number of nitrogens with zero attached hydrogens (tertiary/aromatic N) is 1. The minimum absolute atomic E-state index is 0.302. The lowest BCUT2D eigenvalue weighted by Crippen LogP contribution is -2.33. The molecule has 1 atom stereocenters. The molecule has 4 nitrogen and oxygen atoms in total. The van der Waals surface area contributed by atoms with Gasteiger partial charge in [-0.15, -0.1) is 22.9 Å². The molecule has 0 radical (unpaired) electrons. The number of carbonyl (C=O) groups excluding carboxylic acids is 2. The number of Topliss-reactive ketones (excluding diaryl/α,β-unsaturated/α-hetero) is 1. The van der Waals surface area contributed by atoms with E-state index in [9.17, 15) is 9.59 Å². The minimum Gasteiger partial charge on any atom is -0.349 e. The number of carbonyl (C=O) groups is 2. The first-order valence-corrected chi connectivity index (χ1v) is 8.82. The molecular weight excluding hydrogens is 331 g/mol. The molecule has 0 bridgehead atoms. The number of nitrogens with one attached hydrogen (secondary N) is 1. The molecule has 0 saturated carbocycles. The zero-order valence-electron chi connectivity index (χ0n) is 12.0. The van der Waals surface area contributed by atoms with Gasteiger partial charge in [0.25, 0.3) is 5.91 Å². The lowest BCUT2D eigenvalue weighted by molar-refractivity contribution is -0.137. The first kappa shape index (κ1) is 18.4. The lowest BCUT2D eigenvalue weighted by atomic mass is 10.1. The summed E-state index contributed by atoms with van der Waals surface area (Å²) in [5, 5.41) is 3.11. The average Bonchev–Trinajstić information content (AvgIpc) is 2.91. The normalized spacial score (nSPS) is 12.1. The van der Waals surface area contributed by atoms with Crippen molar-refractivity contribution < 1.29 is 9.59 Å². The summed E-state index contributed by atoms with van der Waals surface area (Å²) in [7, 11) is 0. The maximum Gasteiger partial charge on any atom is 0.289 e. The predicted molar refractivity (Wildman–Crippen MR) is 87.1 cm³/mol. The van der Waals surface area contributed by atoms with Gasteiger partial charge in [-0.05, 0) is 6.42 Å². The summed E-state index contributed by atoms with van der Waals surface area (Å²) in [6, 6.07) is 0. The highest BCUT2D eigenvalue weighted by Gasteiger charge is 2.26. The van der Waals surface area contributed by atoms with Crippen LogP contribution in [0.1, 0.15) is 56.5 Å². The zero-order valence-corrected chi connectivity index (χ0v) is 14.4. The number of aromatic nitrogens is 1. The van der Waals surface area contributed by atoms with Crippen LogP contribution >= 0.6 is 34.5 Å². The summed E-state index contributed by atoms with van der Waals surface area (Å²) in [5.74, 6) is -1.35. The van der Waals surface area contributed by atoms with Crippen LogP contribution in [0, 0.1) is 0 Å². The van der Waals surface area contributed by atoms with Crippen molar-refractivity contribution in [3.05, 3.63) is 15.5 Å². The van der Waals surface area contributed by atoms with Crippen molar-refractivity contribution in [3.63, 3.8) is 0 Å². The van der Waals surface area contributed by atoms with E-state index in [2.05, 4.69) is 17.2 Å². The standard InChI is InChI=1S/C14H20Cl2N2O2S/c1-2-3-4-5-6-7-8-17-13(20)12(19)11(15)10-9-21-14(16)18-10/h9,11H,2-8H2,1H3,(H,17,20). The van der Waals surface area contributed by atoms with Crippen LogP contribution < -0.4 is 5.32 Å². The molecule has 1 unspecified atom stereocenters. The molecule has 0 fully saturated rings. The van der Waals surface area contributed by atoms with E-state index in [1.165, 1.54) is 30.6 Å². The van der Waals surface area contributed by atoms with E-state index in [0.29, 0.717) is 16.7 Å². The van der Waals surface area contributed by atoms with Crippen LogP contribution in [0.3, 0.4) is 0 Å². The van der Waals surface area contributed by atoms with E-state index in [-0.39, 0.29) is 0 Å². The molecule has 0 aliphatic rings. The molecular formula is C14H20Cl2N2O2S. The van der Waals surface area contributed by atoms with Gasteiger partial charge < -0.3 is 5.32 Å². The summed E-state index contributed by atoms with van der Waals surface area (Å²) in [5.41, 5.74) is 0.325. The third kappa shape index (κ3) is 6.76. The van der Waals surface area contributed by atoms with Gasteiger partial charge in [-0.2, -0.15) is 0 Å². The summed E-state index contributed by atoms with van der Waals surface area (Å²) in [6.45, 7) is 2.67. The third-order valence-electron chi connectivity index (χ3n) is 3.02. The monoisotopic (exact) mass is 350 g/mol. The van der Waals surface area contributed by atoms with Crippen LogP contribution in [-0.2, 0) is 9.59 Å². The van der Waals surface area contributed by atoms with Gasteiger partial charge in [-0.3, -0.25) is 9.59 Å². The summed E-state index contributed by atoms with van der Waals surface area (Å²) in [4.78, 5) is 27.4. The number of halogens is 2. The van der Waals surface area contributed by atoms with E-state index in [1.807, 2.05) is 0 Å². The summed E-state index contributed by atoms with van der Waals surface area (Å²) >= 11 is 12.8. The van der Waals surface area contributed by atoms with Gasteiger partial charge in [0, 0.05) is 11.9 Å². The molecule has 1 heterocycles. The number of alkyl halides is 1. The number of ketones is 1. The van der Waals surface area contributed by atoms with E-state index in [1.54, 1.807) is 5.38 Å². The minimum atomic E-state index is -1.07. The van der Waals surface area contributed by atoms with E-state index < -0.39 is 17.1 Å². The molecule has 118 valence electrons. The van der Waals surface area contributed by atoms with Crippen molar-refractivity contribution in [3.8, 4) is 0 Å². The quantitative estimate of drug-likeness (QED) is 0.392. The Morgan fingerprint density at radius 1 is 1.29 bits per heavy atom. The average molecular weight is 351 g/mol. The fourth-order valence-electron chi connectivity index (χ4n) is 1.82. The second kappa shape index (κ2) is 10.1. The second-order valence-electron chi connectivity index (χ2n) is 4.78. The number of hydrogen-bond donors (Lipinski definition) is 1. The first-order valence-electron chi connectivity index (χ1n) is 7.13. The van der Waals surface area contributed by atoms with Crippen LogP contribution in [-0.4, -0.2) is 23.2 Å². The Hall–Kier alpha value is -0.650. The Balaban J connectivity index is 2.23. The highest BCUT2D eigenvalue weighted by Crippen LogP contribution is 2.25. The number of amides is 1. The Kier molecular flexibility index (Phi) is 8.88. The van der Waals surface area contributed by atoms with Crippen LogP contribution in [0.15, 0.2) is 5.38 Å².